The monoisotopic (exact) mass is 391 g/mol. The van der Waals surface area contributed by atoms with Crippen molar-refractivity contribution in [3.8, 4) is 11.5 Å². The molecule has 0 fully saturated rings. The number of aryl methyl sites for hydroxylation is 1. The zero-order chi connectivity index (χ0) is 20.1. The van der Waals surface area contributed by atoms with Crippen molar-refractivity contribution >= 4 is 0 Å². The first-order valence-electron chi connectivity index (χ1n) is 7.83. The molecule has 0 unspecified atom stereocenters. The van der Waals surface area contributed by atoms with E-state index in [0.29, 0.717) is 12.5 Å². The Morgan fingerprint density at radius 1 is 1.07 bits per heavy atom. The van der Waals surface area contributed by atoms with Crippen molar-refractivity contribution in [1.29, 1.82) is 0 Å². The third-order valence-electron chi connectivity index (χ3n) is 3.26. The molecule has 0 aliphatic carbocycles. The molecule has 2 rings (SSSR count). The molecule has 1 aromatic heterocycles. The maximum Gasteiger partial charge on any atom is 0.444 e. The number of benzene rings is 1. The first kappa shape index (κ1) is 20.6. The van der Waals surface area contributed by atoms with Gasteiger partial charge in [-0.25, -0.2) is 4.39 Å². The maximum absolute atomic E-state index is 14.2. The van der Waals surface area contributed by atoms with Gasteiger partial charge in [0, 0.05) is 12.3 Å². The van der Waals surface area contributed by atoms with Crippen LogP contribution in [0, 0.1) is 5.82 Å². The molecule has 3 nitrogen and oxygen atoms in total. The molecule has 1 aromatic carbocycles. The van der Waals surface area contributed by atoms with Gasteiger partial charge in [0.1, 0.15) is 5.75 Å². The second-order valence-electron chi connectivity index (χ2n) is 5.47. The van der Waals surface area contributed by atoms with Crippen LogP contribution in [0.15, 0.2) is 48.9 Å². The van der Waals surface area contributed by atoms with Gasteiger partial charge in [-0.1, -0.05) is 19.4 Å². The topological polar surface area (TPSA) is 31.4 Å². The first-order valence-corrected chi connectivity index (χ1v) is 7.83. The van der Waals surface area contributed by atoms with Gasteiger partial charge in [-0.3, -0.25) is 4.98 Å². The normalized spacial score (nSPS) is 12.4. The molecule has 0 atom stereocenters. The van der Waals surface area contributed by atoms with E-state index < -0.39 is 35.3 Å². The third-order valence-corrected chi connectivity index (χ3v) is 3.26. The van der Waals surface area contributed by atoms with Crippen molar-refractivity contribution in [2.45, 2.75) is 32.1 Å². The fourth-order valence-corrected chi connectivity index (χ4v) is 2.06. The van der Waals surface area contributed by atoms with Crippen LogP contribution in [-0.2, 0) is 12.5 Å². The molecule has 0 radical (unpaired) electrons. The molecule has 27 heavy (non-hydrogen) atoms. The number of nitrogens with zero attached hydrogens (tertiary/aromatic N) is 1. The Morgan fingerprint density at radius 3 is 2.37 bits per heavy atom. The fourth-order valence-electron chi connectivity index (χ4n) is 2.06. The molecule has 9 heteroatoms. The highest BCUT2D eigenvalue weighted by atomic mass is 19.4. The molecule has 0 aliphatic heterocycles. The first-order chi connectivity index (χ1) is 12.6. The summed E-state index contributed by atoms with van der Waals surface area (Å²) in [6.45, 7) is 1.94. The van der Waals surface area contributed by atoms with Crippen molar-refractivity contribution in [3.05, 3.63) is 65.9 Å². The number of ether oxygens (including phenoxy) is 2. The molecule has 1 heterocycles. The summed E-state index contributed by atoms with van der Waals surface area (Å²) in [5.74, 6) is -2.28. The summed E-state index contributed by atoms with van der Waals surface area (Å²) in [6.07, 6.45) is -5.61. The second kappa shape index (κ2) is 8.32. The third kappa shape index (κ3) is 6.19. The van der Waals surface area contributed by atoms with Crippen molar-refractivity contribution in [2.24, 2.45) is 0 Å². The highest BCUT2D eigenvalue weighted by molar-refractivity contribution is 5.34. The van der Waals surface area contributed by atoms with E-state index in [1.54, 1.807) is 0 Å². The highest BCUT2D eigenvalue weighted by Gasteiger charge is 2.36. The molecule has 0 bridgehead atoms. The Labute approximate surface area is 151 Å². The van der Waals surface area contributed by atoms with Gasteiger partial charge in [-0.15, -0.1) is 0 Å². The quantitative estimate of drug-likeness (QED) is 0.444. The Morgan fingerprint density at radius 2 is 1.81 bits per heavy atom. The Balaban J connectivity index is 2.09. The standard InChI is InChI=1S/C18H15F6NO2/c1-2-3-12-4-7-16(25-11-12)18(23,24)27-13-5-6-15(14(19)10-13)26-9-8-17(20,21)22/h4-11H,2-3H2,1H3. The fraction of sp³-hybridized carbons (Fsp3) is 0.278. The van der Waals surface area contributed by atoms with Crippen LogP contribution >= 0.6 is 0 Å². The lowest BCUT2D eigenvalue weighted by Crippen LogP contribution is -2.23. The molecular formula is C18H15F6NO2. The van der Waals surface area contributed by atoms with E-state index in [1.807, 2.05) is 6.92 Å². The van der Waals surface area contributed by atoms with Crippen LogP contribution in [0.2, 0.25) is 0 Å². The summed E-state index contributed by atoms with van der Waals surface area (Å²) >= 11 is 0. The van der Waals surface area contributed by atoms with Gasteiger partial charge in [0.05, 0.1) is 12.3 Å². The van der Waals surface area contributed by atoms with Gasteiger partial charge in [0.2, 0.25) is 0 Å². The number of hydrogen-bond acceptors (Lipinski definition) is 3. The van der Waals surface area contributed by atoms with Crippen LogP contribution < -0.4 is 9.47 Å². The predicted molar refractivity (Wildman–Crippen MR) is 85.0 cm³/mol. The van der Waals surface area contributed by atoms with Gasteiger partial charge < -0.3 is 9.47 Å². The molecule has 2 aromatic rings. The summed E-state index contributed by atoms with van der Waals surface area (Å²) in [6, 6.07) is 5.00. The molecular weight excluding hydrogens is 376 g/mol. The van der Waals surface area contributed by atoms with E-state index in [4.69, 9.17) is 0 Å². The number of allylic oxidation sites excluding steroid dienone is 1. The molecule has 0 saturated heterocycles. The van der Waals surface area contributed by atoms with Crippen molar-refractivity contribution in [1.82, 2.24) is 4.98 Å². The van der Waals surface area contributed by atoms with E-state index in [1.165, 1.54) is 12.3 Å². The second-order valence-corrected chi connectivity index (χ2v) is 5.47. The summed E-state index contributed by atoms with van der Waals surface area (Å²) in [5.41, 5.74) is 0.132. The summed E-state index contributed by atoms with van der Waals surface area (Å²) < 4.78 is 87.0. The minimum Gasteiger partial charge on any atom is -0.462 e. The van der Waals surface area contributed by atoms with Crippen LogP contribution in [0.3, 0.4) is 0 Å². The maximum atomic E-state index is 14.2. The summed E-state index contributed by atoms with van der Waals surface area (Å²) in [7, 11) is 0. The number of halogens is 6. The van der Waals surface area contributed by atoms with Crippen LogP contribution in [0.4, 0.5) is 26.3 Å². The minimum absolute atomic E-state index is 0.237. The number of alkyl halides is 5. The van der Waals surface area contributed by atoms with Crippen molar-refractivity contribution in [2.75, 3.05) is 0 Å². The van der Waals surface area contributed by atoms with Crippen LogP contribution in [0.5, 0.6) is 11.5 Å². The molecule has 0 N–H and O–H groups in total. The molecule has 0 spiro atoms. The smallest absolute Gasteiger partial charge is 0.444 e. The van der Waals surface area contributed by atoms with Gasteiger partial charge >= 0.3 is 12.3 Å². The average molecular weight is 391 g/mol. The lowest BCUT2D eigenvalue weighted by atomic mass is 10.1. The SMILES string of the molecule is CCCc1ccc(C(F)(F)Oc2ccc(OC=CC(F)(F)F)c(F)c2)nc1. The van der Waals surface area contributed by atoms with E-state index >= 15 is 0 Å². The van der Waals surface area contributed by atoms with Gasteiger partial charge in [-0.05, 0) is 30.2 Å². The van der Waals surface area contributed by atoms with Gasteiger partial charge in [-0.2, -0.15) is 22.0 Å². The van der Waals surface area contributed by atoms with Gasteiger partial charge in [0.15, 0.2) is 17.3 Å². The Bertz CT molecular complexity index is 787. The largest absolute Gasteiger partial charge is 0.462 e. The van der Waals surface area contributed by atoms with Crippen molar-refractivity contribution < 1.29 is 35.8 Å². The molecule has 0 aliphatic rings. The molecule has 0 amide bonds. The number of hydrogen-bond donors (Lipinski definition) is 0. The van der Waals surface area contributed by atoms with Crippen LogP contribution in [0.25, 0.3) is 0 Å². The van der Waals surface area contributed by atoms with Crippen LogP contribution in [-0.4, -0.2) is 11.2 Å². The summed E-state index contributed by atoms with van der Waals surface area (Å²) in [4.78, 5) is 3.66. The average Bonchev–Trinajstić information content (AvgIpc) is 2.56. The van der Waals surface area contributed by atoms with E-state index in [2.05, 4.69) is 14.5 Å². The molecule has 0 saturated carbocycles. The van der Waals surface area contributed by atoms with E-state index in [-0.39, 0.29) is 12.3 Å². The van der Waals surface area contributed by atoms with E-state index in [0.717, 1.165) is 30.2 Å². The Kier molecular flexibility index (Phi) is 6.35. The number of pyridine rings is 1. The van der Waals surface area contributed by atoms with E-state index in [9.17, 15) is 26.3 Å². The number of aromatic nitrogens is 1. The summed E-state index contributed by atoms with van der Waals surface area (Å²) in [5, 5.41) is 0. The zero-order valence-electron chi connectivity index (χ0n) is 14.1. The van der Waals surface area contributed by atoms with Crippen LogP contribution in [0.1, 0.15) is 24.6 Å². The van der Waals surface area contributed by atoms with Gasteiger partial charge in [0.25, 0.3) is 0 Å². The lowest BCUT2D eigenvalue weighted by molar-refractivity contribution is -0.188. The zero-order valence-corrected chi connectivity index (χ0v) is 14.1. The Hall–Kier alpha value is -2.71. The minimum atomic E-state index is -4.62. The number of rotatable bonds is 7. The molecule has 146 valence electrons. The van der Waals surface area contributed by atoms with Crippen molar-refractivity contribution in [3.63, 3.8) is 0 Å². The predicted octanol–water partition coefficient (Wildman–Crippen LogP) is 5.76. The highest BCUT2D eigenvalue weighted by Crippen LogP contribution is 2.32. The lowest BCUT2D eigenvalue weighted by Gasteiger charge is -2.18.